The fraction of sp³-hybridized carbons (Fsp3) is 0.529. The molecule has 1 aromatic carbocycles. The molecule has 0 spiro atoms. The first kappa shape index (κ1) is 19.1. The molecule has 0 aromatic heterocycles. The number of sulfonamides is 1. The Morgan fingerprint density at radius 2 is 2.00 bits per heavy atom. The Kier molecular flexibility index (Phi) is 5.55. The van der Waals surface area contributed by atoms with Gasteiger partial charge in [-0.3, -0.25) is 9.59 Å². The molecule has 3 rings (SSSR count). The van der Waals surface area contributed by atoms with E-state index in [1.165, 1.54) is 4.31 Å². The molecule has 9 heteroatoms. The zero-order chi connectivity index (χ0) is 18.9. The van der Waals surface area contributed by atoms with Crippen LogP contribution in [-0.2, 0) is 19.6 Å². The Morgan fingerprint density at radius 3 is 2.62 bits per heavy atom. The van der Waals surface area contributed by atoms with Crippen LogP contribution in [0.5, 0.6) is 0 Å². The smallest absolute Gasteiger partial charge is 0.242 e. The van der Waals surface area contributed by atoms with E-state index in [0.717, 1.165) is 25.5 Å². The first-order chi connectivity index (χ1) is 12.3. The highest BCUT2D eigenvalue weighted by molar-refractivity contribution is 7.88. The molecule has 0 radical (unpaired) electrons. The highest BCUT2D eigenvalue weighted by Crippen LogP contribution is 2.32. The van der Waals surface area contributed by atoms with E-state index < -0.39 is 16.1 Å². The number of hydrogen-bond donors (Lipinski definition) is 1. The Balaban J connectivity index is 1.75. The SMILES string of the molecule is CS(=O)(=O)N1CCCC[C@@H]1C(=O)Nc1ccc(N2CCCC2=O)c(Cl)c1. The summed E-state index contributed by atoms with van der Waals surface area (Å²) in [5.74, 6) is -0.328. The van der Waals surface area contributed by atoms with E-state index in [9.17, 15) is 18.0 Å². The Bertz CT molecular complexity index is 827. The van der Waals surface area contributed by atoms with Crippen molar-refractivity contribution in [3.8, 4) is 0 Å². The standard InChI is InChI=1S/C17H22ClN3O4S/c1-26(24,25)21-10-3-2-5-15(21)17(23)19-12-7-8-14(13(18)11-12)20-9-4-6-16(20)22/h7-8,11,15H,2-6,9-10H2,1H3,(H,19,23)/t15-/m1/s1. The van der Waals surface area contributed by atoms with Crippen LogP contribution in [0.25, 0.3) is 0 Å². The molecule has 142 valence electrons. The van der Waals surface area contributed by atoms with Gasteiger partial charge in [-0.15, -0.1) is 0 Å². The van der Waals surface area contributed by atoms with Gasteiger partial charge in [0.05, 0.1) is 17.0 Å². The van der Waals surface area contributed by atoms with E-state index >= 15 is 0 Å². The molecule has 1 aromatic rings. The molecule has 2 aliphatic heterocycles. The molecule has 2 fully saturated rings. The molecule has 0 aliphatic carbocycles. The van der Waals surface area contributed by atoms with Crippen molar-refractivity contribution in [2.75, 3.05) is 29.6 Å². The molecule has 2 aliphatic rings. The lowest BCUT2D eigenvalue weighted by Gasteiger charge is -2.32. The molecular formula is C17H22ClN3O4S. The van der Waals surface area contributed by atoms with E-state index in [0.29, 0.717) is 42.3 Å². The van der Waals surface area contributed by atoms with Crippen molar-refractivity contribution in [2.24, 2.45) is 0 Å². The van der Waals surface area contributed by atoms with Crippen LogP contribution in [0.4, 0.5) is 11.4 Å². The van der Waals surface area contributed by atoms with Gasteiger partial charge in [-0.1, -0.05) is 18.0 Å². The summed E-state index contributed by atoms with van der Waals surface area (Å²) < 4.78 is 25.1. The lowest BCUT2D eigenvalue weighted by Crippen LogP contribution is -2.49. The zero-order valence-corrected chi connectivity index (χ0v) is 16.1. The second kappa shape index (κ2) is 7.54. The summed E-state index contributed by atoms with van der Waals surface area (Å²) in [4.78, 5) is 26.1. The van der Waals surface area contributed by atoms with Crippen LogP contribution in [0.2, 0.25) is 5.02 Å². The van der Waals surface area contributed by atoms with Gasteiger partial charge in [-0.25, -0.2) is 8.42 Å². The number of rotatable bonds is 4. The number of anilines is 2. The lowest BCUT2D eigenvalue weighted by molar-refractivity contribution is -0.120. The molecule has 2 amide bonds. The maximum absolute atomic E-state index is 12.6. The maximum Gasteiger partial charge on any atom is 0.242 e. The number of piperidine rings is 1. The molecule has 26 heavy (non-hydrogen) atoms. The molecule has 2 saturated heterocycles. The van der Waals surface area contributed by atoms with Gasteiger partial charge in [-0.05, 0) is 37.5 Å². The van der Waals surface area contributed by atoms with Crippen LogP contribution >= 0.6 is 11.6 Å². The van der Waals surface area contributed by atoms with Crippen LogP contribution in [0.15, 0.2) is 18.2 Å². The summed E-state index contributed by atoms with van der Waals surface area (Å²) in [5.41, 5.74) is 1.11. The summed E-state index contributed by atoms with van der Waals surface area (Å²) in [6.07, 6.45) is 4.49. The second-order valence-corrected chi connectivity index (χ2v) is 9.03. The number of hydrogen-bond acceptors (Lipinski definition) is 4. The molecule has 2 heterocycles. The molecule has 7 nitrogen and oxygen atoms in total. The summed E-state index contributed by atoms with van der Waals surface area (Å²) in [7, 11) is -3.44. The maximum atomic E-state index is 12.6. The number of benzene rings is 1. The second-order valence-electron chi connectivity index (χ2n) is 6.69. The van der Waals surface area contributed by atoms with Gasteiger partial charge in [0.25, 0.3) is 0 Å². The van der Waals surface area contributed by atoms with Crippen LogP contribution in [0.3, 0.4) is 0 Å². The van der Waals surface area contributed by atoms with Gasteiger partial charge in [0.1, 0.15) is 6.04 Å². The fourth-order valence-electron chi connectivity index (χ4n) is 3.50. The minimum absolute atomic E-state index is 0.0367. The minimum atomic E-state index is -3.44. The molecule has 0 saturated carbocycles. The third-order valence-electron chi connectivity index (χ3n) is 4.76. The summed E-state index contributed by atoms with van der Waals surface area (Å²) in [6, 6.07) is 4.26. The first-order valence-corrected chi connectivity index (χ1v) is 10.9. The van der Waals surface area contributed by atoms with Gasteiger partial charge in [-0.2, -0.15) is 4.31 Å². The van der Waals surface area contributed by atoms with E-state index in [4.69, 9.17) is 11.6 Å². The van der Waals surface area contributed by atoms with Gasteiger partial charge in [0.15, 0.2) is 0 Å². The molecular weight excluding hydrogens is 378 g/mol. The largest absolute Gasteiger partial charge is 0.325 e. The molecule has 0 unspecified atom stereocenters. The van der Waals surface area contributed by atoms with Crippen molar-refractivity contribution in [3.05, 3.63) is 23.2 Å². The van der Waals surface area contributed by atoms with Crippen molar-refractivity contribution in [1.29, 1.82) is 0 Å². The van der Waals surface area contributed by atoms with Gasteiger partial charge in [0.2, 0.25) is 21.8 Å². The van der Waals surface area contributed by atoms with Crippen LogP contribution in [0.1, 0.15) is 32.1 Å². The van der Waals surface area contributed by atoms with E-state index in [2.05, 4.69) is 5.32 Å². The predicted octanol–water partition coefficient (Wildman–Crippen LogP) is 2.22. The third kappa shape index (κ3) is 4.02. The van der Waals surface area contributed by atoms with Crippen LogP contribution < -0.4 is 10.2 Å². The summed E-state index contributed by atoms with van der Waals surface area (Å²) in [6.45, 7) is 0.989. The highest BCUT2D eigenvalue weighted by Gasteiger charge is 2.34. The number of carbonyl (C=O) groups is 2. The monoisotopic (exact) mass is 399 g/mol. The van der Waals surface area contributed by atoms with Gasteiger partial charge in [0, 0.05) is 25.2 Å². The van der Waals surface area contributed by atoms with Crippen LogP contribution in [-0.4, -0.2) is 49.9 Å². The third-order valence-corrected chi connectivity index (χ3v) is 6.35. The molecule has 1 atom stereocenters. The Morgan fingerprint density at radius 1 is 1.23 bits per heavy atom. The average Bonchev–Trinajstić information content (AvgIpc) is 3.00. The number of nitrogens with one attached hydrogen (secondary N) is 1. The van der Waals surface area contributed by atoms with Gasteiger partial charge < -0.3 is 10.2 Å². The quantitative estimate of drug-likeness (QED) is 0.840. The number of amides is 2. The van der Waals surface area contributed by atoms with Crippen molar-refractivity contribution in [2.45, 2.75) is 38.1 Å². The van der Waals surface area contributed by atoms with Gasteiger partial charge >= 0.3 is 0 Å². The van der Waals surface area contributed by atoms with Crippen molar-refractivity contribution < 1.29 is 18.0 Å². The number of carbonyl (C=O) groups excluding carboxylic acids is 2. The predicted molar refractivity (Wildman–Crippen MR) is 101 cm³/mol. The highest BCUT2D eigenvalue weighted by atomic mass is 35.5. The normalized spacial score (nSPS) is 21.8. The molecule has 0 bridgehead atoms. The van der Waals surface area contributed by atoms with Crippen molar-refractivity contribution in [3.63, 3.8) is 0 Å². The lowest BCUT2D eigenvalue weighted by atomic mass is 10.0. The van der Waals surface area contributed by atoms with Crippen molar-refractivity contribution in [1.82, 2.24) is 4.31 Å². The first-order valence-electron chi connectivity index (χ1n) is 8.65. The van der Waals surface area contributed by atoms with Crippen molar-refractivity contribution >= 4 is 44.8 Å². The Hall–Kier alpha value is -1.64. The number of nitrogens with zero attached hydrogens (tertiary/aromatic N) is 2. The van der Waals surface area contributed by atoms with Crippen LogP contribution in [0, 0.1) is 0 Å². The average molecular weight is 400 g/mol. The Labute approximate surface area is 158 Å². The number of halogens is 1. The zero-order valence-electron chi connectivity index (χ0n) is 14.6. The van der Waals surface area contributed by atoms with E-state index in [1.54, 1.807) is 23.1 Å². The molecule has 1 N–H and O–H groups in total. The topological polar surface area (TPSA) is 86.8 Å². The summed E-state index contributed by atoms with van der Waals surface area (Å²) in [5, 5.41) is 3.13. The minimum Gasteiger partial charge on any atom is -0.325 e. The van der Waals surface area contributed by atoms with E-state index in [-0.39, 0.29) is 11.8 Å². The fourth-order valence-corrected chi connectivity index (χ4v) is 4.90. The summed E-state index contributed by atoms with van der Waals surface area (Å²) >= 11 is 6.29. The van der Waals surface area contributed by atoms with E-state index in [1.807, 2.05) is 0 Å².